The highest BCUT2D eigenvalue weighted by molar-refractivity contribution is 5.93. The van der Waals surface area contributed by atoms with Gasteiger partial charge in [0, 0.05) is 26.2 Å². The molecule has 2 aliphatic heterocycles. The largest absolute Gasteiger partial charge is 0.374 e. The summed E-state index contributed by atoms with van der Waals surface area (Å²) in [6.07, 6.45) is 3.32. The number of urea groups is 1. The van der Waals surface area contributed by atoms with Crippen molar-refractivity contribution in [1.29, 1.82) is 0 Å². The van der Waals surface area contributed by atoms with E-state index < -0.39 is 0 Å². The van der Waals surface area contributed by atoms with Gasteiger partial charge in [-0.05, 0) is 45.2 Å². The maximum absolute atomic E-state index is 12.7. The molecule has 0 spiro atoms. The Labute approximate surface area is 138 Å². The molecular weight excluding hydrogens is 290 g/mol. The zero-order chi connectivity index (χ0) is 16.3. The molecule has 0 unspecified atom stereocenters. The van der Waals surface area contributed by atoms with Crippen LogP contribution in [0, 0.1) is 0 Å². The molecule has 1 aromatic rings. The first-order valence-electron chi connectivity index (χ1n) is 8.59. The number of anilines is 2. The van der Waals surface area contributed by atoms with E-state index in [-0.39, 0.29) is 11.6 Å². The van der Waals surface area contributed by atoms with Gasteiger partial charge >= 0.3 is 6.03 Å². The number of para-hydroxylation sites is 2. The summed E-state index contributed by atoms with van der Waals surface area (Å²) in [5.41, 5.74) is 1.74. The van der Waals surface area contributed by atoms with Crippen LogP contribution in [0.1, 0.15) is 33.1 Å². The Morgan fingerprint density at radius 3 is 2.65 bits per heavy atom. The number of nitrogens with one attached hydrogen (secondary N) is 1. The number of carbonyl (C=O) groups is 1. The Hall–Kier alpha value is -1.75. The SMILES string of the molecule is CC1(C)CN(C(=O)Nc2ccccc2N2CCCC2)CCCO1. The predicted octanol–water partition coefficient (Wildman–Crippen LogP) is 3.32. The molecule has 2 heterocycles. The molecule has 2 aliphatic rings. The van der Waals surface area contributed by atoms with Gasteiger partial charge in [-0.25, -0.2) is 4.79 Å². The summed E-state index contributed by atoms with van der Waals surface area (Å²) in [5, 5.41) is 3.11. The first-order valence-corrected chi connectivity index (χ1v) is 8.59. The van der Waals surface area contributed by atoms with Gasteiger partial charge in [0.2, 0.25) is 0 Å². The van der Waals surface area contributed by atoms with Crippen molar-refractivity contribution in [3.8, 4) is 0 Å². The van der Waals surface area contributed by atoms with Crippen LogP contribution < -0.4 is 10.2 Å². The van der Waals surface area contributed by atoms with E-state index in [0.29, 0.717) is 13.2 Å². The standard InChI is InChI=1S/C18H27N3O2/c1-18(2)14-21(12-7-13-23-18)17(22)19-15-8-3-4-9-16(15)20-10-5-6-11-20/h3-4,8-9H,5-7,10-14H2,1-2H3,(H,19,22). The van der Waals surface area contributed by atoms with Crippen molar-refractivity contribution in [2.75, 3.05) is 43.0 Å². The molecule has 0 bridgehead atoms. The number of rotatable bonds is 2. The van der Waals surface area contributed by atoms with Crippen molar-refractivity contribution in [2.45, 2.75) is 38.7 Å². The highest BCUT2D eigenvalue weighted by Gasteiger charge is 2.28. The van der Waals surface area contributed by atoms with E-state index in [4.69, 9.17) is 4.74 Å². The summed E-state index contributed by atoms with van der Waals surface area (Å²) in [6, 6.07) is 8.06. The van der Waals surface area contributed by atoms with Crippen LogP contribution in [0.2, 0.25) is 0 Å². The van der Waals surface area contributed by atoms with E-state index in [1.54, 1.807) is 0 Å². The number of hydrogen-bond acceptors (Lipinski definition) is 3. The molecule has 0 atom stereocenters. The van der Waals surface area contributed by atoms with Gasteiger partial charge in [0.1, 0.15) is 0 Å². The van der Waals surface area contributed by atoms with Gasteiger partial charge < -0.3 is 19.9 Å². The third-order valence-corrected chi connectivity index (χ3v) is 4.52. The monoisotopic (exact) mass is 317 g/mol. The zero-order valence-electron chi connectivity index (χ0n) is 14.2. The maximum atomic E-state index is 12.7. The smallest absolute Gasteiger partial charge is 0.322 e. The lowest BCUT2D eigenvalue weighted by molar-refractivity contribution is -0.0127. The minimum absolute atomic E-state index is 0.0322. The number of carbonyl (C=O) groups excluding carboxylic acids is 1. The number of nitrogens with zero attached hydrogens (tertiary/aromatic N) is 2. The molecular formula is C18H27N3O2. The number of amides is 2. The lowest BCUT2D eigenvalue weighted by atomic mass is 10.1. The van der Waals surface area contributed by atoms with Gasteiger partial charge in [-0.3, -0.25) is 0 Å². The van der Waals surface area contributed by atoms with Crippen LogP contribution >= 0.6 is 0 Å². The molecule has 23 heavy (non-hydrogen) atoms. The maximum Gasteiger partial charge on any atom is 0.322 e. The Morgan fingerprint density at radius 2 is 1.87 bits per heavy atom. The van der Waals surface area contributed by atoms with E-state index >= 15 is 0 Å². The van der Waals surface area contributed by atoms with Crippen LogP contribution in [0.5, 0.6) is 0 Å². The van der Waals surface area contributed by atoms with Crippen molar-refractivity contribution in [3.05, 3.63) is 24.3 Å². The van der Waals surface area contributed by atoms with E-state index in [2.05, 4.69) is 16.3 Å². The third-order valence-electron chi connectivity index (χ3n) is 4.52. The Balaban J connectivity index is 1.72. The summed E-state index contributed by atoms with van der Waals surface area (Å²) < 4.78 is 5.80. The van der Waals surface area contributed by atoms with E-state index in [9.17, 15) is 4.79 Å². The van der Waals surface area contributed by atoms with Crippen molar-refractivity contribution in [3.63, 3.8) is 0 Å². The Kier molecular flexibility index (Phi) is 4.76. The van der Waals surface area contributed by atoms with Gasteiger partial charge in [-0.1, -0.05) is 12.1 Å². The minimum Gasteiger partial charge on any atom is -0.374 e. The van der Waals surface area contributed by atoms with Crippen LogP contribution in [0.4, 0.5) is 16.2 Å². The van der Waals surface area contributed by atoms with Crippen LogP contribution in [-0.2, 0) is 4.74 Å². The Bertz CT molecular complexity index is 553. The van der Waals surface area contributed by atoms with Crippen LogP contribution in [0.3, 0.4) is 0 Å². The van der Waals surface area contributed by atoms with Gasteiger partial charge in [-0.15, -0.1) is 0 Å². The lowest BCUT2D eigenvalue weighted by Crippen LogP contribution is -2.43. The van der Waals surface area contributed by atoms with Crippen molar-refractivity contribution in [1.82, 2.24) is 4.90 Å². The average Bonchev–Trinajstić information content (AvgIpc) is 2.98. The normalized spacial score (nSPS) is 21.1. The van der Waals surface area contributed by atoms with Gasteiger partial charge in [0.15, 0.2) is 0 Å². The summed E-state index contributed by atoms with van der Waals surface area (Å²) in [7, 11) is 0. The Morgan fingerprint density at radius 1 is 1.13 bits per heavy atom. The predicted molar refractivity (Wildman–Crippen MR) is 93.1 cm³/mol. The molecule has 0 aliphatic carbocycles. The molecule has 0 saturated carbocycles. The molecule has 2 amide bonds. The third kappa shape index (κ3) is 3.96. The van der Waals surface area contributed by atoms with Gasteiger partial charge in [-0.2, -0.15) is 0 Å². The second-order valence-corrected chi connectivity index (χ2v) is 7.02. The zero-order valence-corrected chi connectivity index (χ0v) is 14.2. The first kappa shape index (κ1) is 16.1. The number of hydrogen-bond donors (Lipinski definition) is 1. The molecule has 126 valence electrons. The summed E-state index contributed by atoms with van der Waals surface area (Å²) in [5.74, 6) is 0. The second kappa shape index (κ2) is 6.79. The van der Waals surface area contributed by atoms with Gasteiger partial charge in [0.05, 0.1) is 23.5 Å². The molecule has 0 radical (unpaired) electrons. The summed E-state index contributed by atoms with van der Waals surface area (Å²) >= 11 is 0. The fourth-order valence-electron chi connectivity index (χ4n) is 3.37. The van der Waals surface area contributed by atoms with E-state index in [1.807, 2.05) is 36.9 Å². The quantitative estimate of drug-likeness (QED) is 0.910. The lowest BCUT2D eigenvalue weighted by Gasteiger charge is -2.30. The molecule has 5 heteroatoms. The van der Waals surface area contributed by atoms with Crippen molar-refractivity contribution >= 4 is 17.4 Å². The molecule has 2 saturated heterocycles. The van der Waals surface area contributed by atoms with Crippen molar-refractivity contribution < 1.29 is 9.53 Å². The van der Waals surface area contributed by atoms with E-state index in [0.717, 1.165) is 37.4 Å². The highest BCUT2D eigenvalue weighted by atomic mass is 16.5. The summed E-state index contributed by atoms with van der Waals surface area (Å²) in [6.45, 7) is 8.27. The summed E-state index contributed by atoms with van der Waals surface area (Å²) in [4.78, 5) is 16.9. The van der Waals surface area contributed by atoms with Crippen LogP contribution in [0.15, 0.2) is 24.3 Å². The molecule has 5 nitrogen and oxygen atoms in total. The molecule has 3 rings (SSSR count). The molecule has 0 aromatic heterocycles. The molecule has 2 fully saturated rings. The second-order valence-electron chi connectivity index (χ2n) is 7.02. The average molecular weight is 317 g/mol. The van der Waals surface area contributed by atoms with E-state index in [1.165, 1.54) is 12.8 Å². The fourth-order valence-corrected chi connectivity index (χ4v) is 3.37. The first-order chi connectivity index (χ1) is 11.1. The molecule has 1 aromatic carbocycles. The molecule has 1 N–H and O–H groups in total. The minimum atomic E-state index is -0.289. The highest BCUT2D eigenvalue weighted by Crippen LogP contribution is 2.29. The topological polar surface area (TPSA) is 44.8 Å². The number of ether oxygens (including phenoxy) is 1. The fraction of sp³-hybridized carbons (Fsp3) is 0.611. The van der Waals surface area contributed by atoms with Crippen LogP contribution in [-0.4, -0.2) is 49.3 Å². The van der Waals surface area contributed by atoms with Crippen LogP contribution in [0.25, 0.3) is 0 Å². The van der Waals surface area contributed by atoms with Crippen molar-refractivity contribution in [2.24, 2.45) is 0 Å². The van der Waals surface area contributed by atoms with Gasteiger partial charge in [0.25, 0.3) is 0 Å². The number of benzene rings is 1.